The Labute approximate surface area is 197 Å². The third kappa shape index (κ3) is 3.79. The maximum Gasteiger partial charge on any atom is 0.247 e. The summed E-state index contributed by atoms with van der Waals surface area (Å²) in [7, 11) is 1.89. The Morgan fingerprint density at radius 1 is 1.09 bits per heavy atom. The summed E-state index contributed by atoms with van der Waals surface area (Å²) >= 11 is 0. The number of hydrogen-bond donors (Lipinski definition) is 2. The van der Waals surface area contributed by atoms with Crippen molar-refractivity contribution >= 4 is 22.6 Å². The number of pyridine rings is 1. The van der Waals surface area contributed by atoms with E-state index in [2.05, 4.69) is 46.1 Å². The number of aromatic nitrogens is 6. The summed E-state index contributed by atoms with van der Waals surface area (Å²) in [6, 6.07) is 8.18. The first-order valence-corrected chi connectivity index (χ1v) is 11.0. The van der Waals surface area contributed by atoms with E-state index in [1.165, 1.54) is 6.08 Å². The summed E-state index contributed by atoms with van der Waals surface area (Å²) in [6.45, 7) is 8.39. The van der Waals surface area contributed by atoms with E-state index in [0.29, 0.717) is 0 Å². The second kappa shape index (κ2) is 8.47. The van der Waals surface area contributed by atoms with Crippen molar-refractivity contribution in [2.45, 2.75) is 20.4 Å². The molecule has 0 spiro atoms. The largest absolute Gasteiger partial charge is 0.339 e. The fourth-order valence-corrected chi connectivity index (χ4v) is 4.08. The van der Waals surface area contributed by atoms with E-state index in [1.807, 2.05) is 61.8 Å². The third-order valence-corrected chi connectivity index (χ3v) is 5.90. The average Bonchev–Trinajstić information content (AvgIpc) is 3.57. The molecule has 8 heteroatoms. The highest BCUT2D eigenvalue weighted by Crippen LogP contribution is 2.40. The zero-order valence-corrected chi connectivity index (χ0v) is 19.3. The maximum atomic E-state index is 12.0. The van der Waals surface area contributed by atoms with E-state index in [9.17, 15) is 4.79 Å². The number of aryl methyl sites for hydroxylation is 3. The minimum Gasteiger partial charge on any atom is -0.339 e. The lowest BCUT2D eigenvalue weighted by molar-refractivity contribution is -0.111. The van der Waals surface area contributed by atoms with Gasteiger partial charge in [0.2, 0.25) is 5.91 Å². The Morgan fingerprint density at radius 3 is 2.62 bits per heavy atom. The van der Waals surface area contributed by atoms with Crippen molar-refractivity contribution in [3.63, 3.8) is 0 Å². The number of fused-ring (bicyclic) bond motifs is 1. The van der Waals surface area contributed by atoms with E-state index >= 15 is 0 Å². The van der Waals surface area contributed by atoms with E-state index in [-0.39, 0.29) is 5.91 Å². The summed E-state index contributed by atoms with van der Waals surface area (Å²) in [5.74, 6) is -0.247. The molecular formula is C26H25N7O. The number of aromatic amines is 1. The molecular weight excluding hydrogens is 426 g/mol. The van der Waals surface area contributed by atoms with Gasteiger partial charge in [-0.25, -0.2) is 4.98 Å². The molecule has 2 N–H and O–H groups in total. The van der Waals surface area contributed by atoms with Crippen LogP contribution in [0.2, 0.25) is 0 Å². The molecule has 0 radical (unpaired) electrons. The van der Waals surface area contributed by atoms with Gasteiger partial charge in [0.05, 0.1) is 18.1 Å². The lowest BCUT2D eigenvalue weighted by Gasteiger charge is -2.11. The van der Waals surface area contributed by atoms with E-state index in [0.717, 1.165) is 62.3 Å². The Hall–Kier alpha value is -4.46. The lowest BCUT2D eigenvalue weighted by Crippen LogP contribution is -2.08. The molecule has 0 aliphatic heterocycles. The van der Waals surface area contributed by atoms with Gasteiger partial charge in [-0.05, 0) is 43.2 Å². The molecule has 8 nitrogen and oxygen atoms in total. The molecule has 0 aliphatic rings. The van der Waals surface area contributed by atoms with Gasteiger partial charge in [-0.1, -0.05) is 18.7 Å². The SMILES string of the molecule is C=CC(=O)Nc1cc(-c2c(-c3cnn(C)c3)[nH]c3ncc(-c4cnn(CC)c4)cc23)ccc1C. The zero-order valence-electron chi connectivity index (χ0n) is 19.3. The van der Waals surface area contributed by atoms with Crippen molar-refractivity contribution in [3.8, 4) is 33.5 Å². The Balaban J connectivity index is 1.74. The number of amides is 1. The van der Waals surface area contributed by atoms with Crippen LogP contribution in [0, 0.1) is 6.92 Å². The average molecular weight is 452 g/mol. The van der Waals surface area contributed by atoms with Crippen LogP contribution in [0.3, 0.4) is 0 Å². The van der Waals surface area contributed by atoms with Gasteiger partial charge < -0.3 is 10.3 Å². The molecule has 34 heavy (non-hydrogen) atoms. The predicted molar refractivity (Wildman–Crippen MR) is 134 cm³/mol. The number of anilines is 1. The molecule has 0 saturated carbocycles. The first kappa shape index (κ1) is 21.4. The van der Waals surface area contributed by atoms with E-state index in [4.69, 9.17) is 4.98 Å². The van der Waals surface area contributed by atoms with Crippen LogP contribution in [0.15, 0.2) is 67.9 Å². The molecule has 0 aliphatic carbocycles. The van der Waals surface area contributed by atoms with Gasteiger partial charge in [-0.15, -0.1) is 0 Å². The summed E-state index contributed by atoms with van der Waals surface area (Å²) in [5, 5.41) is 12.6. The molecule has 5 rings (SSSR count). The van der Waals surface area contributed by atoms with Crippen molar-refractivity contribution in [3.05, 3.63) is 73.5 Å². The topological polar surface area (TPSA) is 93.4 Å². The molecule has 5 aromatic rings. The van der Waals surface area contributed by atoms with Crippen LogP contribution in [0.5, 0.6) is 0 Å². The van der Waals surface area contributed by atoms with Gasteiger partial charge in [0, 0.05) is 65.5 Å². The van der Waals surface area contributed by atoms with Crippen molar-refractivity contribution in [1.82, 2.24) is 29.5 Å². The van der Waals surface area contributed by atoms with Crippen molar-refractivity contribution in [2.24, 2.45) is 7.05 Å². The van der Waals surface area contributed by atoms with Gasteiger partial charge in [-0.3, -0.25) is 14.2 Å². The summed E-state index contributed by atoms with van der Waals surface area (Å²) in [6.07, 6.45) is 10.8. The highest BCUT2D eigenvalue weighted by Gasteiger charge is 2.19. The third-order valence-electron chi connectivity index (χ3n) is 5.90. The minimum absolute atomic E-state index is 0.247. The highest BCUT2D eigenvalue weighted by molar-refractivity contribution is 6.05. The maximum absolute atomic E-state index is 12.0. The lowest BCUT2D eigenvalue weighted by atomic mass is 9.97. The summed E-state index contributed by atoms with van der Waals surface area (Å²) < 4.78 is 3.67. The number of nitrogens with zero attached hydrogens (tertiary/aromatic N) is 5. The fraction of sp³-hybridized carbons (Fsp3) is 0.154. The van der Waals surface area contributed by atoms with Gasteiger partial charge in [0.15, 0.2) is 0 Å². The number of benzene rings is 1. The van der Waals surface area contributed by atoms with E-state index in [1.54, 1.807) is 4.68 Å². The zero-order chi connectivity index (χ0) is 23.8. The minimum atomic E-state index is -0.247. The molecule has 4 aromatic heterocycles. The first-order valence-electron chi connectivity index (χ1n) is 11.0. The van der Waals surface area contributed by atoms with Crippen molar-refractivity contribution in [2.75, 3.05) is 5.32 Å². The molecule has 0 saturated heterocycles. The molecule has 0 fully saturated rings. The van der Waals surface area contributed by atoms with Crippen molar-refractivity contribution in [1.29, 1.82) is 0 Å². The van der Waals surface area contributed by atoms with Gasteiger partial charge in [0.1, 0.15) is 5.65 Å². The van der Waals surface area contributed by atoms with Gasteiger partial charge in [-0.2, -0.15) is 10.2 Å². The van der Waals surface area contributed by atoms with Crippen LogP contribution in [0.1, 0.15) is 12.5 Å². The van der Waals surface area contributed by atoms with Gasteiger partial charge in [0.25, 0.3) is 0 Å². The second-order valence-corrected chi connectivity index (χ2v) is 8.21. The first-order chi connectivity index (χ1) is 16.5. The molecule has 1 aromatic carbocycles. The molecule has 0 bridgehead atoms. The molecule has 0 unspecified atom stereocenters. The number of H-pyrrole nitrogens is 1. The monoisotopic (exact) mass is 451 g/mol. The predicted octanol–water partition coefficient (Wildman–Crippen LogP) is 4.95. The quantitative estimate of drug-likeness (QED) is 0.357. The molecule has 170 valence electrons. The Morgan fingerprint density at radius 2 is 1.91 bits per heavy atom. The Kier molecular flexibility index (Phi) is 5.33. The number of carbonyl (C=O) groups is 1. The number of hydrogen-bond acceptors (Lipinski definition) is 4. The standard InChI is InChI=1S/C26H25N7O/c1-5-23(34)30-22-10-17(8-7-16(22)3)24-21-9-18(19-12-29-33(6-2)15-19)11-27-26(21)31-25(24)20-13-28-32(4)14-20/h5,7-15H,1,6H2,2-4H3,(H,27,31)(H,30,34). The van der Waals surface area contributed by atoms with Gasteiger partial charge >= 0.3 is 0 Å². The van der Waals surface area contributed by atoms with Crippen LogP contribution in [0.25, 0.3) is 44.5 Å². The summed E-state index contributed by atoms with van der Waals surface area (Å²) in [5.41, 5.74) is 8.29. The fourth-order valence-electron chi connectivity index (χ4n) is 4.08. The van der Waals surface area contributed by atoms with Crippen LogP contribution in [0.4, 0.5) is 5.69 Å². The van der Waals surface area contributed by atoms with Crippen LogP contribution in [-0.4, -0.2) is 35.4 Å². The number of carbonyl (C=O) groups excluding carboxylic acids is 1. The molecule has 4 heterocycles. The number of nitrogens with one attached hydrogen (secondary N) is 2. The van der Waals surface area contributed by atoms with Crippen LogP contribution >= 0.6 is 0 Å². The van der Waals surface area contributed by atoms with Crippen molar-refractivity contribution < 1.29 is 4.79 Å². The van der Waals surface area contributed by atoms with Crippen LogP contribution in [-0.2, 0) is 18.4 Å². The smallest absolute Gasteiger partial charge is 0.247 e. The second-order valence-electron chi connectivity index (χ2n) is 8.21. The van der Waals surface area contributed by atoms with Crippen LogP contribution < -0.4 is 5.32 Å². The normalized spacial score (nSPS) is 11.1. The Bertz CT molecular complexity index is 1540. The molecule has 1 amide bonds. The van der Waals surface area contributed by atoms with E-state index < -0.39 is 0 Å². The summed E-state index contributed by atoms with van der Waals surface area (Å²) in [4.78, 5) is 20.2. The number of rotatable bonds is 6. The highest BCUT2D eigenvalue weighted by atomic mass is 16.1. The molecule has 0 atom stereocenters.